The van der Waals surface area contributed by atoms with Gasteiger partial charge in [-0.2, -0.15) is 4.31 Å². The molecule has 2 aromatic carbocycles. The number of hydrogen-bond acceptors (Lipinski definition) is 6. The second-order valence-electron chi connectivity index (χ2n) is 6.59. The molecule has 0 spiro atoms. The third-order valence-electron chi connectivity index (χ3n) is 4.36. The predicted molar refractivity (Wildman–Crippen MR) is 114 cm³/mol. The monoisotopic (exact) mass is 496 g/mol. The Morgan fingerprint density at radius 1 is 1.03 bits per heavy atom. The molecule has 160 valence electrons. The number of anilines is 1. The minimum Gasteiger partial charge on any atom is -0.482 e. The van der Waals surface area contributed by atoms with E-state index in [0.717, 1.165) is 17.3 Å². The number of sulfonamides is 1. The second-order valence-corrected chi connectivity index (χ2v) is 9.44. The first-order valence-corrected chi connectivity index (χ1v) is 11.5. The van der Waals surface area contributed by atoms with Crippen molar-refractivity contribution >= 4 is 43.5 Å². The Hall–Kier alpha value is -2.43. The molecule has 0 aliphatic carbocycles. The van der Waals surface area contributed by atoms with Crippen LogP contribution in [0.25, 0.3) is 0 Å². The summed E-state index contributed by atoms with van der Waals surface area (Å²) in [6.07, 6.45) is 1.68. The number of carbonyl (C=O) groups excluding carboxylic acids is 2. The summed E-state index contributed by atoms with van der Waals surface area (Å²) in [5.41, 5.74) is 0.308. The van der Waals surface area contributed by atoms with Crippen LogP contribution < -0.4 is 10.1 Å². The highest BCUT2D eigenvalue weighted by atomic mass is 79.9. The van der Waals surface area contributed by atoms with Crippen molar-refractivity contribution in [1.82, 2.24) is 4.31 Å². The Balaban J connectivity index is 1.48. The largest absolute Gasteiger partial charge is 0.482 e. The molecule has 1 aliphatic heterocycles. The molecule has 2 aromatic rings. The SMILES string of the molecule is O=C(COC(=O)COc1ccc(Br)cc1)Nc1cccc(S(=O)(=O)N2CCCC2)c1. The predicted octanol–water partition coefficient (Wildman–Crippen LogP) is 2.79. The number of halogens is 1. The van der Waals surface area contributed by atoms with Crippen molar-refractivity contribution < 1.29 is 27.5 Å². The van der Waals surface area contributed by atoms with Gasteiger partial charge in [-0.25, -0.2) is 13.2 Å². The molecule has 0 aromatic heterocycles. The van der Waals surface area contributed by atoms with Crippen LogP contribution in [-0.4, -0.2) is 50.9 Å². The van der Waals surface area contributed by atoms with Gasteiger partial charge in [-0.05, 0) is 55.3 Å². The molecule has 0 unspecified atom stereocenters. The molecular formula is C20H21BrN2O6S. The fraction of sp³-hybridized carbons (Fsp3) is 0.300. The summed E-state index contributed by atoms with van der Waals surface area (Å²) in [6, 6.07) is 12.9. The number of benzene rings is 2. The summed E-state index contributed by atoms with van der Waals surface area (Å²) < 4.78 is 37.7. The molecule has 1 amide bonds. The lowest BCUT2D eigenvalue weighted by molar-refractivity contribution is -0.149. The average Bonchev–Trinajstić information content (AvgIpc) is 3.28. The van der Waals surface area contributed by atoms with Gasteiger partial charge < -0.3 is 14.8 Å². The smallest absolute Gasteiger partial charge is 0.344 e. The van der Waals surface area contributed by atoms with Gasteiger partial charge in [0.2, 0.25) is 10.0 Å². The van der Waals surface area contributed by atoms with E-state index >= 15 is 0 Å². The molecular weight excluding hydrogens is 476 g/mol. The van der Waals surface area contributed by atoms with Crippen molar-refractivity contribution in [3.05, 3.63) is 53.0 Å². The highest BCUT2D eigenvalue weighted by molar-refractivity contribution is 9.10. The average molecular weight is 497 g/mol. The van der Waals surface area contributed by atoms with Gasteiger partial charge in [-0.15, -0.1) is 0 Å². The minimum atomic E-state index is -3.58. The van der Waals surface area contributed by atoms with E-state index in [1.54, 1.807) is 36.4 Å². The molecule has 10 heteroatoms. The van der Waals surface area contributed by atoms with Crippen molar-refractivity contribution in [2.75, 3.05) is 31.6 Å². The summed E-state index contributed by atoms with van der Waals surface area (Å²) in [5.74, 6) is -0.781. The quantitative estimate of drug-likeness (QED) is 0.563. The minimum absolute atomic E-state index is 0.113. The van der Waals surface area contributed by atoms with Crippen LogP contribution in [0.1, 0.15) is 12.8 Å². The summed E-state index contributed by atoms with van der Waals surface area (Å²) in [5, 5.41) is 2.54. The normalized spacial score (nSPS) is 14.3. The standard InChI is InChI=1S/C20H21BrN2O6S/c21-15-6-8-17(9-7-15)28-14-20(25)29-13-19(24)22-16-4-3-5-18(12-16)30(26,27)23-10-1-2-11-23/h3-9,12H,1-2,10-11,13-14H2,(H,22,24). The van der Waals surface area contributed by atoms with Gasteiger partial charge in [0, 0.05) is 23.2 Å². The van der Waals surface area contributed by atoms with Gasteiger partial charge in [0.25, 0.3) is 5.91 Å². The number of nitrogens with zero attached hydrogens (tertiary/aromatic N) is 1. The van der Waals surface area contributed by atoms with Gasteiger partial charge in [0.05, 0.1) is 4.90 Å². The van der Waals surface area contributed by atoms with Gasteiger partial charge >= 0.3 is 5.97 Å². The van der Waals surface area contributed by atoms with Crippen LogP contribution in [-0.2, 0) is 24.3 Å². The Morgan fingerprint density at radius 3 is 2.43 bits per heavy atom. The fourth-order valence-electron chi connectivity index (χ4n) is 2.87. The summed E-state index contributed by atoms with van der Waals surface area (Å²) in [4.78, 5) is 23.9. The number of rotatable bonds is 8. The lowest BCUT2D eigenvalue weighted by atomic mass is 10.3. The van der Waals surface area contributed by atoms with E-state index in [1.807, 2.05) is 0 Å². The molecule has 1 aliphatic rings. The van der Waals surface area contributed by atoms with Crippen LogP contribution in [0.4, 0.5) is 5.69 Å². The summed E-state index contributed by atoms with van der Waals surface area (Å²) >= 11 is 3.30. The van der Waals surface area contributed by atoms with E-state index in [1.165, 1.54) is 16.4 Å². The van der Waals surface area contributed by atoms with Crippen LogP contribution in [0, 0.1) is 0 Å². The van der Waals surface area contributed by atoms with Gasteiger partial charge in [0.15, 0.2) is 13.2 Å². The number of carbonyl (C=O) groups is 2. The maximum absolute atomic E-state index is 12.6. The van der Waals surface area contributed by atoms with Gasteiger partial charge in [-0.3, -0.25) is 4.79 Å². The third kappa shape index (κ3) is 6.04. The van der Waals surface area contributed by atoms with E-state index in [-0.39, 0.29) is 11.5 Å². The Kier molecular flexibility index (Phi) is 7.46. The number of nitrogens with one attached hydrogen (secondary N) is 1. The van der Waals surface area contributed by atoms with E-state index in [0.29, 0.717) is 24.5 Å². The molecule has 8 nitrogen and oxygen atoms in total. The summed E-state index contributed by atoms with van der Waals surface area (Å²) in [7, 11) is -3.58. The van der Waals surface area contributed by atoms with E-state index in [9.17, 15) is 18.0 Å². The van der Waals surface area contributed by atoms with Gasteiger partial charge in [0.1, 0.15) is 5.75 Å². The highest BCUT2D eigenvalue weighted by Crippen LogP contribution is 2.23. The molecule has 1 fully saturated rings. The maximum atomic E-state index is 12.6. The van der Waals surface area contributed by atoms with E-state index in [2.05, 4.69) is 21.2 Å². The maximum Gasteiger partial charge on any atom is 0.344 e. The zero-order valence-corrected chi connectivity index (χ0v) is 18.4. The molecule has 0 atom stereocenters. The number of esters is 1. The Bertz CT molecular complexity index is 1000. The van der Waals surface area contributed by atoms with Crippen LogP contribution >= 0.6 is 15.9 Å². The fourth-order valence-corrected chi connectivity index (χ4v) is 4.70. The molecule has 1 N–H and O–H groups in total. The first kappa shape index (κ1) is 22.3. The molecule has 3 rings (SSSR count). The molecule has 0 bridgehead atoms. The van der Waals surface area contributed by atoms with Gasteiger partial charge in [-0.1, -0.05) is 22.0 Å². The second kappa shape index (κ2) is 10.1. The first-order chi connectivity index (χ1) is 14.3. The van der Waals surface area contributed by atoms with Crippen molar-refractivity contribution in [3.8, 4) is 5.75 Å². The zero-order valence-electron chi connectivity index (χ0n) is 16.0. The molecule has 1 saturated heterocycles. The van der Waals surface area contributed by atoms with Crippen LogP contribution in [0.15, 0.2) is 57.9 Å². The van der Waals surface area contributed by atoms with Crippen molar-refractivity contribution in [3.63, 3.8) is 0 Å². The Labute approximate surface area is 183 Å². The van der Waals surface area contributed by atoms with E-state index in [4.69, 9.17) is 9.47 Å². The highest BCUT2D eigenvalue weighted by Gasteiger charge is 2.27. The van der Waals surface area contributed by atoms with Crippen molar-refractivity contribution in [1.29, 1.82) is 0 Å². The third-order valence-corrected chi connectivity index (χ3v) is 6.78. The van der Waals surface area contributed by atoms with Crippen molar-refractivity contribution in [2.45, 2.75) is 17.7 Å². The van der Waals surface area contributed by atoms with Crippen molar-refractivity contribution in [2.24, 2.45) is 0 Å². The lowest BCUT2D eigenvalue weighted by Crippen LogP contribution is -2.28. The summed E-state index contributed by atoms with van der Waals surface area (Å²) in [6.45, 7) is 0.151. The molecule has 0 radical (unpaired) electrons. The number of hydrogen-bond donors (Lipinski definition) is 1. The molecule has 1 heterocycles. The first-order valence-electron chi connectivity index (χ1n) is 9.29. The Morgan fingerprint density at radius 2 is 1.73 bits per heavy atom. The van der Waals surface area contributed by atoms with Crippen LogP contribution in [0.3, 0.4) is 0 Å². The van der Waals surface area contributed by atoms with Crippen LogP contribution in [0.5, 0.6) is 5.75 Å². The lowest BCUT2D eigenvalue weighted by Gasteiger charge is -2.16. The molecule has 30 heavy (non-hydrogen) atoms. The number of ether oxygens (including phenoxy) is 2. The number of amides is 1. The van der Waals surface area contributed by atoms with Crippen LogP contribution in [0.2, 0.25) is 0 Å². The zero-order chi connectivity index (χ0) is 21.6. The topological polar surface area (TPSA) is 102 Å². The van der Waals surface area contributed by atoms with E-state index < -0.39 is 28.5 Å². The molecule has 0 saturated carbocycles.